The monoisotopic (exact) mass is 327 g/mol. The van der Waals surface area contributed by atoms with Gasteiger partial charge in [-0.05, 0) is 25.0 Å². The van der Waals surface area contributed by atoms with E-state index >= 15 is 0 Å². The average Bonchev–Trinajstić information content (AvgIpc) is 2.47. The van der Waals surface area contributed by atoms with E-state index in [9.17, 15) is 4.79 Å². The Morgan fingerprint density at radius 2 is 1.87 bits per heavy atom. The molecule has 0 atom stereocenters. The maximum absolute atomic E-state index is 11.0. The number of ketones is 1. The fourth-order valence-corrected chi connectivity index (χ4v) is 2.71. The average molecular weight is 328 g/mol. The molecule has 0 amide bonds. The van der Waals surface area contributed by atoms with Crippen LogP contribution in [-0.2, 0) is 11.3 Å². The molecular weight excluding hydrogens is 298 g/mol. The highest BCUT2D eigenvalue weighted by atomic mass is 28.3. The number of nitrogens with zero attached hydrogens (tertiary/aromatic N) is 1. The SMILES string of the molecule is CC(=O)/C=C/CCN(CC#CC[Si](C)(C)C)Cc1ccccc1. The molecule has 23 heavy (non-hydrogen) atoms. The first-order chi connectivity index (χ1) is 10.9. The lowest BCUT2D eigenvalue weighted by atomic mass is 10.2. The van der Waals surface area contributed by atoms with Crippen molar-refractivity contribution < 1.29 is 4.79 Å². The van der Waals surface area contributed by atoms with Crippen molar-refractivity contribution in [2.24, 2.45) is 0 Å². The molecule has 124 valence electrons. The van der Waals surface area contributed by atoms with Gasteiger partial charge in [0.25, 0.3) is 0 Å². The second kappa shape index (κ2) is 10.2. The van der Waals surface area contributed by atoms with Gasteiger partial charge in [-0.2, -0.15) is 0 Å². The van der Waals surface area contributed by atoms with Crippen LogP contribution in [0.2, 0.25) is 25.7 Å². The van der Waals surface area contributed by atoms with Gasteiger partial charge in [-0.15, -0.1) is 5.92 Å². The van der Waals surface area contributed by atoms with Crippen LogP contribution in [0.5, 0.6) is 0 Å². The summed E-state index contributed by atoms with van der Waals surface area (Å²) in [6.45, 7) is 11.2. The van der Waals surface area contributed by atoms with Crippen molar-refractivity contribution >= 4 is 13.9 Å². The molecule has 0 aromatic heterocycles. The van der Waals surface area contributed by atoms with Crippen molar-refractivity contribution in [3.8, 4) is 11.8 Å². The normalized spacial score (nSPS) is 11.5. The Morgan fingerprint density at radius 1 is 1.17 bits per heavy atom. The van der Waals surface area contributed by atoms with Crippen molar-refractivity contribution in [1.82, 2.24) is 4.90 Å². The number of allylic oxidation sites excluding steroid dienone is 1. The zero-order valence-corrected chi connectivity index (χ0v) is 15.9. The number of rotatable bonds is 8. The minimum Gasteiger partial charge on any atom is -0.295 e. The second-order valence-corrected chi connectivity index (χ2v) is 12.6. The van der Waals surface area contributed by atoms with E-state index < -0.39 is 8.07 Å². The van der Waals surface area contributed by atoms with E-state index in [0.29, 0.717) is 0 Å². The summed E-state index contributed by atoms with van der Waals surface area (Å²) in [5, 5.41) is 0. The van der Waals surface area contributed by atoms with Crippen LogP contribution in [0.4, 0.5) is 0 Å². The molecule has 0 saturated carbocycles. The number of benzene rings is 1. The minimum atomic E-state index is -1.09. The quantitative estimate of drug-likeness (QED) is 0.401. The van der Waals surface area contributed by atoms with Gasteiger partial charge in [0.05, 0.1) is 14.6 Å². The first-order valence-corrected chi connectivity index (χ1v) is 12.0. The van der Waals surface area contributed by atoms with Crippen molar-refractivity contribution in [3.05, 3.63) is 48.0 Å². The maximum atomic E-state index is 11.0. The van der Waals surface area contributed by atoms with E-state index in [2.05, 4.69) is 60.6 Å². The highest BCUT2D eigenvalue weighted by Gasteiger charge is 2.10. The molecule has 0 saturated heterocycles. The van der Waals surface area contributed by atoms with Crippen LogP contribution >= 0.6 is 0 Å². The van der Waals surface area contributed by atoms with Gasteiger partial charge in [-0.1, -0.05) is 62.0 Å². The third-order valence-corrected chi connectivity index (χ3v) is 4.50. The summed E-state index contributed by atoms with van der Waals surface area (Å²) in [4.78, 5) is 13.3. The van der Waals surface area contributed by atoms with Gasteiger partial charge in [0.2, 0.25) is 0 Å². The van der Waals surface area contributed by atoms with Gasteiger partial charge in [0.1, 0.15) is 0 Å². The first kappa shape index (κ1) is 19.4. The smallest absolute Gasteiger partial charge is 0.152 e. The van der Waals surface area contributed by atoms with Crippen molar-refractivity contribution in [2.45, 2.75) is 45.6 Å². The number of carbonyl (C=O) groups is 1. The molecule has 0 bridgehead atoms. The Hall–Kier alpha value is -1.63. The molecule has 0 aliphatic heterocycles. The van der Waals surface area contributed by atoms with E-state index in [4.69, 9.17) is 0 Å². The van der Waals surface area contributed by atoms with Gasteiger partial charge < -0.3 is 0 Å². The molecule has 3 heteroatoms. The molecule has 1 aromatic rings. The molecule has 0 spiro atoms. The summed E-state index contributed by atoms with van der Waals surface area (Å²) in [6.07, 6.45) is 4.48. The molecule has 0 unspecified atom stereocenters. The van der Waals surface area contributed by atoms with Crippen LogP contribution in [0.15, 0.2) is 42.5 Å². The zero-order valence-electron chi connectivity index (χ0n) is 14.9. The molecule has 1 rings (SSSR count). The van der Waals surface area contributed by atoms with E-state index in [1.54, 1.807) is 13.0 Å². The number of carbonyl (C=O) groups excluding carboxylic acids is 1. The van der Waals surface area contributed by atoms with Crippen LogP contribution in [0.1, 0.15) is 18.9 Å². The molecule has 0 fully saturated rings. The third-order valence-electron chi connectivity index (χ3n) is 3.26. The largest absolute Gasteiger partial charge is 0.295 e. The Kier molecular flexibility index (Phi) is 8.61. The van der Waals surface area contributed by atoms with Gasteiger partial charge in [-0.3, -0.25) is 9.69 Å². The van der Waals surface area contributed by atoms with Gasteiger partial charge >= 0.3 is 0 Å². The molecule has 1 aromatic carbocycles. The van der Waals surface area contributed by atoms with Crippen LogP contribution in [0.25, 0.3) is 0 Å². The van der Waals surface area contributed by atoms with Crippen molar-refractivity contribution in [1.29, 1.82) is 0 Å². The standard InChI is InChI=1S/C20H29NOSi/c1-19(22)12-8-9-15-21(16-10-11-17-23(2,3)4)18-20-13-6-5-7-14-20/h5-8,12-14H,9,15-18H2,1-4H3/b12-8+. The Labute approximate surface area is 142 Å². The first-order valence-electron chi connectivity index (χ1n) is 8.26. The van der Waals surface area contributed by atoms with Crippen LogP contribution in [0.3, 0.4) is 0 Å². The Bertz CT molecular complexity index is 561. The van der Waals surface area contributed by atoms with Crippen molar-refractivity contribution in [2.75, 3.05) is 13.1 Å². The van der Waals surface area contributed by atoms with Crippen LogP contribution < -0.4 is 0 Å². The summed E-state index contributed by atoms with van der Waals surface area (Å²) in [6, 6.07) is 11.5. The summed E-state index contributed by atoms with van der Waals surface area (Å²) < 4.78 is 0. The molecular formula is C20H29NOSi. The lowest BCUT2D eigenvalue weighted by Crippen LogP contribution is -2.25. The van der Waals surface area contributed by atoms with E-state index in [-0.39, 0.29) is 5.78 Å². The predicted octanol–water partition coefficient (Wildman–Crippen LogP) is 4.37. The van der Waals surface area contributed by atoms with Gasteiger partial charge in [0.15, 0.2) is 5.78 Å². The molecule has 0 N–H and O–H groups in total. The van der Waals surface area contributed by atoms with Crippen LogP contribution in [-0.4, -0.2) is 31.8 Å². The lowest BCUT2D eigenvalue weighted by molar-refractivity contribution is -0.112. The van der Waals surface area contributed by atoms with E-state index in [1.807, 2.05) is 12.1 Å². The second-order valence-electron chi connectivity index (χ2n) is 7.09. The predicted molar refractivity (Wildman–Crippen MR) is 102 cm³/mol. The fourth-order valence-electron chi connectivity index (χ4n) is 2.06. The zero-order chi connectivity index (χ0) is 17.1. The summed E-state index contributed by atoms with van der Waals surface area (Å²) >= 11 is 0. The molecule has 2 nitrogen and oxygen atoms in total. The minimum absolute atomic E-state index is 0.106. The molecule has 0 heterocycles. The van der Waals surface area contributed by atoms with Crippen molar-refractivity contribution in [3.63, 3.8) is 0 Å². The highest BCUT2D eigenvalue weighted by molar-refractivity contribution is 6.76. The van der Waals surface area contributed by atoms with E-state index in [0.717, 1.165) is 32.1 Å². The Balaban J connectivity index is 2.58. The molecule has 0 radical (unpaired) electrons. The van der Waals surface area contributed by atoms with Crippen LogP contribution in [0, 0.1) is 11.8 Å². The van der Waals surface area contributed by atoms with Gasteiger partial charge in [-0.25, -0.2) is 0 Å². The third kappa shape index (κ3) is 10.7. The lowest BCUT2D eigenvalue weighted by Gasteiger charge is -2.19. The fraction of sp³-hybridized carbons (Fsp3) is 0.450. The highest BCUT2D eigenvalue weighted by Crippen LogP contribution is 2.07. The number of hydrogen-bond donors (Lipinski definition) is 0. The summed E-state index contributed by atoms with van der Waals surface area (Å²) in [5.41, 5.74) is 1.30. The number of hydrogen-bond acceptors (Lipinski definition) is 2. The maximum Gasteiger partial charge on any atom is 0.152 e. The molecule has 0 aliphatic rings. The Morgan fingerprint density at radius 3 is 2.48 bits per heavy atom. The molecule has 0 aliphatic carbocycles. The topological polar surface area (TPSA) is 20.3 Å². The summed E-state index contributed by atoms with van der Waals surface area (Å²) in [7, 11) is -1.09. The van der Waals surface area contributed by atoms with Gasteiger partial charge in [0, 0.05) is 19.1 Å². The summed E-state index contributed by atoms with van der Waals surface area (Å²) in [5.74, 6) is 6.79. The van der Waals surface area contributed by atoms with E-state index in [1.165, 1.54) is 5.56 Å².